The van der Waals surface area contributed by atoms with E-state index in [4.69, 9.17) is 4.74 Å². The fraction of sp³-hybridized carbons (Fsp3) is 0.100. The number of hydrogen-bond acceptors (Lipinski definition) is 7. The first-order valence-corrected chi connectivity index (χ1v) is 10.8. The predicted molar refractivity (Wildman–Crippen MR) is 116 cm³/mol. The van der Waals surface area contributed by atoms with E-state index in [2.05, 4.69) is 20.6 Å². The summed E-state index contributed by atoms with van der Waals surface area (Å²) in [5, 5.41) is 10.9. The fourth-order valence-corrected chi connectivity index (χ4v) is 4.22. The average molecular weight is 477 g/mol. The van der Waals surface area contributed by atoms with Gasteiger partial charge >= 0.3 is 6.18 Å². The van der Waals surface area contributed by atoms with Crippen LogP contribution in [0.1, 0.15) is 21.7 Å². The van der Waals surface area contributed by atoms with Crippen molar-refractivity contribution < 1.29 is 22.7 Å². The molecule has 1 amide bonds. The molecule has 4 aromatic rings. The highest BCUT2D eigenvalue weighted by atomic mass is 32.1. The highest BCUT2D eigenvalue weighted by molar-refractivity contribution is 7.13. The molecule has 0 aliphatic carbocycles. The highest BCUT2D eigenvalue weighted by Gasteiger charge is 2.35. The Morgan fingerprint density at radius 1 is 1.22 bits per heavy atom. The zero-order valence-corrected chi connectivity index (χ0v) is 18.0. The Kier molecular flexibility index (Phi) is 6.06. The second kappa shape index (κ2) is 8.93. The van der Waals surface area contributed by atoms with Crippen molar-refractivity contribution >= 4 is 34.8 Å². The number of para-hydroxylation sites is 1. The largest absolute Gasteiger partial charge is 0.496 e. The van der Waals surface area contributed by atoms with Gasteiger partial charge in [0.2, 0.25) is 5.13 Å². The van der Waals surface area contributed by atoms with E-state index in [1.54, 1.807) is 41.8 Å². The van der Waals surface area contributed by atoms with Crippen molar-refractivity contribution in [2.75, 3.05) is 7.11 Å². The first-order valence-electron chi connectivity index (χ1n) is 9.00. The topological polar surface area (TPSA) is 81.4 Å². The molecule has 0 bridgehead atoms. The third-order valence-electron chi connectivity index (χ3n) is 4.19. The van der Waals surface area contributed by atoms with Crippen LogP contribution in [0.2, 0.25) is 0 Å². The number of hydrogen-bond donors (Lipinski definition) is 1. The van der Waals surface area contributed by atoms with Crippen molar-refractivity contribution in [1.29, 1.82) is 0 Å². The minimum absolute atomic E-state index is 0.00312. The third kappa shape index (κ3) is 4.55. The highest BCUT2D eigenvalue weighted by Crippen LogP contribution is 2.35. The number of halogens is 3. The maximum atomic E-state index is 13.2. The Morgan fingerprint density at radius 3 is 2.75 bits per heavy atom. The van der Waals surface area contributed by atoms with Crippen LogP contribution in [-0.2, 0) is 6.18 Å². The van der Waals surface area contributed by atoms with Crippen molar-refractivity contribution in [2.24, 2.45) is 5.10 Å². The molecule has 1 aromatic carbocycles. The SMILES string of the molecule is COc1ccccc1/C=N\NC(=O)c1csc(-n2nc(C(F)(F)F)cc2-c2cccs2)n1. The first-order chi connectivity index (χ1) is 15.4. The molecule has 4 rings (SSSR count). The Morgan fingerprint density at radius 2 is 2.03 bits per heavy atom. The predicted octanol–water partition coefficient (Wildman–Crippen LogP) is 4.85. The van der Waals surface area contributed by atoms with E-state index in [-0.39, 0.29) is 16.5 Å². The van der Waals surface area contributed by atoms with Crippen LogP contribution in [0.3, 0.4) is 0 Å². The lowest BCUT2D eigenvalue weighted by Gasteiger charge is -2.03. The van der Waals surface area contributed by atoms with E-state index in [9.17, 15) is 18.0 Å². The molecule has 0 aliphatic rings. The van der Waals surface area contributed by atoms with Gasteiger partial charge in [-0.25, -0.2) is 15.1 Å². The van der Waals surface area contributed by atoms with Gasteiger partial charge in [0, 0.05) is 10.9 Å². The van der Waals surface area contributed by atoms with Gasteiger partial charge in [0.25, 0.3) is 5.91 Å². The first kappa shape index (κ1) is 21.7. The molecule has 0 aliphatic heterocycles. The lowest BCUT2D eigenvalue weighted by Crippen LogP contribution is -2.18. The van der Waals surface area contributed by atoms with Gasteiger partial charge in [-0.05, 0) is 29.6 Å². The summed E-state index contributed by atoms with van der Waals surface area (Å²) in [6.07, 6.45) is -3.19. The molecule has 0 radical (unpaired) electrons. The van der Waals surface area contributed by atoms with Crippen LogP contribution in [0.4, 0.5) is 13.2 Å². The van der Waals surface area contributed by atoms with E-state index in [1.807, 2.05) is 0 Å². The summed E-state index contributed by atoms with van der Waals surface area (Å²) in [4.78, 5) is 17.1. The number of thiazole rings is 1. The number of alkyl halides is 3. The quantitative estimate of drug-likeness (QED) is 0.318. The number of carbonyl (C=O) groups excluding carboxylic acids is 1. The van der Waals surface area contributed by atoms with E-state index in [0.717, 1.165) is 22.1 Å². The van der Waals surface area contributed by atoms with Crippen LogP contribution >= 0.6 is 22.7 Å². The minimum atomic E-state index is -4.61. The standard InChI is InChI=1S/C20H14F3N5O2S2/c1-30-15-6-3-2-5-12(15)10-24-26-18(29)13-11-32-19(25-13)28-14(16-7-4-8-31-16)9-17(27-28)20(21,22)23/h2-11H,1H3,(H,26,29)/b24-10-. The van der Waals surface area contributed by atoms with Crippen LogP contribution in [0.5, 0.6) is 5.75 Å². The third-order valence-corrected chi connectivity index (χ3v) is 5.90. The van der Waals surface area contributed by atoms with E-state index < -0.39 is 17.8 Å². The molecule has 0 saturated heterocycles. The lowest BCUT2D eigenvalue weighted by atomic mass is 10.2. The zero-order valence-electron chi connectivity index (χ0n) is 16.3. The van der Waals surface area contributed by atoms with Crippen LogP contribution < -0.4 is 10.2 Å². The maximum absolute atomic E-state index is 13.2. The van der Waals surface area contributed by atoms with Crippen molar-refractivity contribution in [3.63, 3.8) is 0 Å². The molecule has 164 valence electrons. The normalized spacial score (nSPS) is 11.8. The molecule has 0 saturated carbocycles. The smallest absolute Gasteiger partial charge is 0.435 e. The summed E-state index contributed by atoms with van der Waals surface area (Å²) in [5.41, 5.74) is 2.21. The monoisotopic (exact) mass is 477 g/mol. The minimum Gasteiger partial charge on any atom is -0.496 e. The van der Waals surface area contributed by atoms with Crippen molar-refractivity contribution in [3.8, 4) is 21.5 Å². The van der Waals surface area contributed by atoms with E-state index in [0.29, 0.717) is 16.2 Å². The second-order valence-corrected chi connectivity index (χ2v) is 8.04. The number of carbonyl (C=O) groups is 1. The number of nitrogens with zero attached hydrogens (tertiary/aromatic N) is 4. The van der Waals surface area contributed by atoms with Gasteiger partial charge in [-0.3, -0.25) is 4.79 Å². The number of thiophene rings is 1. The molecule has 3 aromatic heterocycles. The van der Waals surface area contributed by atoms with Crippen LogP contribution in [0.25, 0.3) is 15.7 Å². The summed E-state index contributed by atoms with van der Waals surface area (Å²) in [7, 11) is 1.52. The van der Waals surface area contributed by atoms with E-state index >= 15 is 0 Å². The number of ether oxygens (including phenoxy) is 1. The van der Waals surface area contributed by atoms with Gasteiger partial charge < -0.3 is 4.74 Å². The van der Waals surface area contributed by atoms with Crippen molar-refractivity contribution in [2.45, 2.75) is 6.18 Å². The lowest BCUT2D eigenvalue weighted by molar-refractivity contribution is -0.141. The molecule has 7 nitrogen and oxygen atoms in total. The molecule has 0 spiro atoms. The molecule has 0 atom stereocenters. The summed E-state index contributed by atoms with van der Waals surface area (Å²) in [6, 6.07) is 11.5. The number of hydrazone groups is 1. The number of aromatic nitrogens is 3. The number of nitrogens with one attached hydrogen (secondary N) is 1. The van der Waals surface area contributed by atoms with Gasteiger partial charge in [0.15, 0.2) is 5.69 Å². The maximum Gasteiger partial charge on any atom is 0.435 e. The number of benzene rings is 1. The number of rotatable bonds is 6. The van der Waals surface area contributed by atoms with Gasteiger partial charge in [0.1, 0.15) is 11.4 Å². The molecule has 3 heterocycles. The number of methoxy groups -OCH3 is 1. The molecule has 32 heavy (non-hydrogen) atoms. The Balaban J connectivity index is 1.57. The summed E-state index contributed by atoms with van der Waals surface area (Å²) in [6.45, 7) is 0. The Bertz CT molecular complexity index is 1260. The van der Waals surface area contributed by atoms with Crippen LogP contribution in [0.15, 0.2) is 58.3 Å². The molecular weight excluding hydrogens is 463 g/mol. The Hall–Kier alpha value is -3.51. The van der Waals surface area contributed by atoms with Crippen LogP contribution in [0, 0.1) is 0 Å². The molecule has 0 unspecified atom stereocenters. The van der Waals surface area contributed by atoms with Gasteiger partial charge in [-0.15, -0.1) is 22.7 Å². The van der Waals surface area contributed by atoms with Crippen molar-refractivity contribution in [3.05, 3.63) is 70.2 Å². The Labute approximate surface area is 187 Å². The van der Waals surface area contributed by atoms with Gasteiger partial charge in [-0.2, -0.15) is 23.4 Å². The van der Waals surface area contributed by atoms with E-state index in [1.165, 1.54) is 30.0 Å². The molecule has 0 fully saturated rings. The summed E-state index contributed by atoms with van der Waals surface area (Å²) >= 11 is 2.27. The summed E-state index contributed by atoms with van der Waals surface area (Å²) < 4.78 is 46.0. The van der Waals surface area contributed by atoms with Gasteiger partial charge in [-0.1, -0.05) is 18.2 Å². The second-order valence-electron chi connectivity index (χ2n) is 6.26. The van der Waals surface area contributed by atoms with Gasteiger partial charge in [0.05, 0.1) is 23.9 Å². The molecule has 12 heteroatoms. The van der Waals surface area contributed by atoms with Crippen molar-refractivity contribution in [1.82, 2.24) is 20.2 Å². The molecule has 1 N–H and O–H groups in total. The molecular formula is C20H14F3N5O2S2. The zero-order chi connectivity index (χ0) is 22.7. The van der Waals surface area contributed by atoms with Crippen LogP contribution in [-0.4, -0.2) is 34.0 Å². The average Bonchev–Trinajstić information content (AvgIpc) is 3.53. The fourth-order valence-electron chi connectivity index (χ4n) is 2.72. The summed E-state index contributed by atoms with van der Waals surface area (Å²) in [5.74, 6) is -0.0266. The number of amides is 1.